The Balaban J connectivity index is 1.40. The standard InChI is InChI=1S/C18H20N2O3S/c21-15(16-5-2-8-22-16)10-14-4-1-7-20(14)11-13-12-23-18(19-13)17-6-3-9-24-17/h2-3,5-6,8-9,12,14-15,21H,1,4,7,10-11H2. The van der Waals surface area contributed by atoms with Crippen molar-refractivity contribution < 1.29 is 13.9 Å². The molecule has 0 aromatic carbocycles. The van der Waals surface area contributed by atoms with Gasteiger partial charge in [0.1, 0.15) is 18.1 Å². The van der Waals surface area contributed by atoms with E-state index in [2.05, 4.69) is 9.88 Å². The van der Waals surface area contributed by atoms with Crippen LogP contribution in [0, 0.1) is 0 Å². The third kappa shape index (κ3) is 3.31. The fourth-order valence-electron chi connectivity index (χ4n) is 3.33. The molecule has 2 atom stereocenters. The van der Waals surface area contributed by atoms with Gasteiger partial charge in [0.05, 0.1) is 16.8 Å². The molecule has 4 heterocycles. The van der Waals surface area contributed by atoms with Gasteiger partial charge in [-0.3, -0.25) is 4.90 Å². The SMILES string of the molecule is OC(CC1CCCN1Cc1coc(-c2cccs2)n1)c1ccco1. The van der Waals surface area contributed by atoms with Crippen LogP contribution in [0.15, 0.2) is 51.0 Å². The van der Waals surface area contributed by atoms with Gasteiger partial charge in [-0.15, -0.1) is 11.3 Å². The normalized spacial score (nSPS) is 19.8. The van der Waals surface area contributed by atoms with Gasteiger partial charge in [-0.1, -0.05) is 6.07 Å². The van der Waals surface area contributed by atoms with E-state index in [0.29, 0.717) is 24.1 Å². The Morgan fingerprint density at radius 2 is 2.29 bits per heavy atom. The molecule has 0 radical (unpaired) electrons. The molecular formula is C18H20N2O3S. The summed E-state index contributed by atoms with van der Waals surface area (Å²) in [6.07, 6.45) is 5.71. The number of aliphatic hydroxyl groups excluding tert-OH is 1. The number of nitrogens with zero attached hydrogens (tertiary/aromatic N) is 2. The van der Waals surface area contributed by atoms with Gasteiger partial charge in [0.2, 0.25) is 5.89 Å². The molecule has 1 aliphatic heterocycles. The first kappa shape index (κ1) is 15.6. The maximum absolute atomic E-state index is 10.3. The lowest BCUT2D eigenvalue weighted by Crippen LogP contribution is -2.30. The highest BCUT2D eigenvalue weighted by molar-refractivity contribution is 7.13. The molecule has 3 aromatic heterocycles. The largest absolute Gasteiger partial charge is 0.467 e. The number of furan rings is 1. The topological polar surface area (TPSA) is 62.6 Å². The highest BCUT2D eigenvalue weighted by atomic mass is 32.1. The number of aromatic nitrogens is 1. The van der Waals surface area contributed by atoms with Crippen molar-refractivity contribution >= 4 is 11.3 Å². The molecule has 1 saturated heterocycles. The van der Waals surface area contributed by atoms with E-state index in [0.717, 1.165) is 36.5 Å². The lowest BCUT2D eigenvalue weighted by molar-refractivity contribution is 0.0991. The minimum Gasteiger partial charge on any atom is -0.467 e. The Kier molecular flexibility index (Phi) is 4.51. The molecule has 0 amide bonds. The van der Waals surface area contributed by atoms with E-state index in [4.69, 9.17) is 8.83 Å². The fourth-order valence-corrected chi connectivity index (χ4v) is 3.98. The van der Waals surface area contributed by atoms with E-state index in [1.54, 1.807) is 23.9 Å². The van der Waals surface area contributed by atoms with Gasteiger partial charge in [-0.2, -0.15) is 0 Å². The van der Waals surface area contributed by atoms with Crippen LogP contribution < -0.4 is 0 Å². The Labute approximate surface area is 144 Å². The number of likely N-dealkylation sites (tertiary alicyclic amines) is 1. The summed E-state index contributed by atoms with van der Waals surface area (Å²) >= 11 is 1.63. The maximum atomic E-state index is 10.3. The molecule has 1 aliphatic rings. The molecule has 24 heavy (non-hydrogen) atoms. The molecule has 1 N–H and O–H groups in total. The summed E-state index contributed by atoms with van der Waals surface area (Å²) in [7, 11) is 0. The minimum absolute atomic E-state index is 0.340. The second kappa shape index (κ2) is 6.93. The van der Waals surface area contributed by atoms with Crippen LogP contribution in [0.3, 0.4) is 0 Å². The molecule has 0 saturated carbocycles. The summed E-state index contributed by atoms with van der Waals surface area (Å²) in [5, 5.41) is 12.3. The zero-order valence-electron chi connectivity index (χ0n) is 13.3. The molecule has 3 aromatic rings. The van der Waals surface area contributed by atoms with Crippen LogP contribution in [-0.2, 0) is 6.54 Å². The predicted octanol–water partition coefficient (Wildman–Crippen LogP) is 4.08. The van der Waals surface area contributed by atoms with Gasteiger partial charge in [0, 0.05) is 12.6 Å². The van der Waals surface area contributed by atoms with E-state index in [1.807, 2.05) is 29.6 Å². The highest BCUT2D eigenvalue weighted by Crippen LogP contribution is 2.29. The molecular weight excluding hydrogens is 324 g/mol. The lowest BCUT2D eigenvalue weighted by Gasteiger charge is -2.24. The molecule has 6 heteroatoms. The van der Waals surface area contributed by atoms with Crippen LogP contribution in [-0.4, -0.2) is 27.6 Å². The van der Waals surface area contributed by atoms with Crippen LogP contribution in [0.4, 0.5) is 0 Å². The van der Waals surface area contributed by atoms with Gasteiger partial charge in [0.15, 0.2) is 0 Å². The number of thiophene rings is 1. The first-order chi connectivity index (χ1) is 11.8. The zero-order valence-corrected chi connectivity index (χ0v) is 14.1. The molecule has 1 fully saturated rings. The molecule has 0 bridgehead atoms. The van der Waals surface area contributed by atoms with Gasteiger partial charge >= 0.3 is 0 Å². The summed E-state index contributed by atoms with van der Waals surface area (Å²) in [4.78, 5) is 8.03. The Hall–Kier alpha value is -1.89. The summed E-state index contributed by atoms with van der Waals surface area (Å²) in [5.41, 5.74) is 0.942. The number of aliphatic hydroxyl groups is 1. The quantitative estimate of drug-likeness (QED) is 0.730. The summed E-state index contributed by atoms with van der Waals surface area (Å²) in [6.45, 7) is 1.78. The molecule has 126 valence electrons. The van der Waals surface area contributed by atoms with Crippen molar-refractivity contribution in [3.8, 4) is 10.8 Å². The third-order valence-corrected chi connectivity index (χ3v) is 5.37. The van der Waals surface area contributed by atoms with Crippen molar-refractivity contribution in [2.45, 2.75) is 38.0 Å². The Morgan fingerprint density at radius 3 is 3.08 bits per heavy atom. The molecule has 5 nitrogen and oxygen atoms in total. The second-order valence-electron chi connectivity index (χ2n) is 6.15. The monoisotopic (exact) mass is 344 g/mol. The average Bonchev–Trinajstić information content (AvgIpc) is 3.37. The van der Waals surface area contributed by atoms with Gasteiger partial charge in [-0.25, -0.2) is 4.98 Å². The number of oxazole rings is 1. The smallest absolute Gasteiger partial charge is 0.236 e. The van der Waals surface area contributed by atoms with Gasteiger partial charge in [-0.05, 0) is 49.4 Å². The van der Waals surface area contributed by atoms with Crippen LogP contribution in [0.25, 0.3) is 10.8 Å². The van der Waals surface area contributed by atoms with Crippen molar-refractivity contribution in [3.63, 3.8) is 0 Å². The van der Waals surface area contributed by atoms with Gasteiger partial charge < -0.3 is 13.9 Å². The van der Waals surface area contributed by atoms with Crippen LogP contribution in [0.2, 0.25) is 0 Å². The first-order valence-electron chi connectivity index (χ1n) is 8.23. The summed E-state index contributed by atoms with van der Waals surface area (Å²) < 4.78 is 10.9. The maximum Gasteiger partial charge on any atom is 0.236 e. The molecule has 0 spiro atoms. The third-order valence-electron chi connectivity index (χ3n) is 4.51. The van der Waals surface area contributed by atoms with Gasteiger partial charge in [0.25, 0.3) is 0 Å². The predicted molar refractivity (Wildman–Crippen MR) is 91.5 cm³/mol. The minimum atomic E-state index is -0.551. The van der Waals surface area contributed by atoms with Crippen LogP contribution in [0.5, 0.6) is 0 Å². The lowest BCUT2D eigenvalue weighted by atomic mass is 10.1. The van der Waals surface area contributed by atoms with E-state index < -0.39 is 6.10 Å². The number of hydrogen-bond acceptors (Lipinski definition) is 6. The fraction of sp³-hybridized carbons (Fsp3) is 0.389. The molecule has 2 unspecified atom stereocenters. The average molecular weight is 344 g/mol. The van der Waals surface area contributed by atoms with Crippen molar-refractivity contribution in [1.29, 1.82) is 0 Å². The number of rotatable bonds is 6. The number of hydrogen-bond donors (Lipinski definition) is 1. The zero-order chi connectivity index (χ0) is 16.4. The Morgan fingerprint density at radius 1 is 1.33 bits per heavy atom. The van der Waals surface area contributed by atoms with Crippen LogP contribution in [0.1, 0.15) is 36.8 Å². The summed E-state index contributed by atoms with van der Waals surface area (Å²) in [6, 6.07) is 7.99. The van der Waals surface area contributed by atoms with Crippen molar-refractivity contribution in [3.05, 3.63) is 53.6 Å². The molecule has 4 rings (SSSR count). The van der Waals surface area contributed by atoms with E-state index in [1.165, 1.54) is 0 Å². The highest BCUT2D eigenvalue weighted by Gasteiger charge is 2.28. The second-order valence-corrected chi connectivity index (χ2v) is 7.10. The van der Waals surface area contributed by atoms with Crippen molar-refractivity contribution in [2.75, 3.05) is 6.54 Å². The summed E-state index contributed by atoms with van der Waals surface area (Å²) in [5.74, 6) is 1.33. The van der Waals surface area contributed by atoms with E-state index in [9.17, 15) is 5.11 Å². The first-order valence-corrected chi connectivity index (χ1v) is 9.11. The van der Waals surface area contributed by atoms with Crippen molar-refractivity contribution in [2.24, 2.45) is 0 Å². The van der Waals surface area contributed by atoms with E-state index >= 15 is 0 Å². The molecule has 0 aliphatic carbocycles. The Bertz CT molecular complexity index is 751. The van der Waals surface area contributed by atoms with E-state index in [-0.39, 0.29) is 0 Å². The van der Waals surface area contributed by atoms with Crippen LogP contribution >= 0.6 is 11.3 Å². The van der Waals surface area contributed by atoms with Crippen molar-refractivity contribution in [1.82, 2.24) is 9.88 Å².